The number of hydrogen-bond acceptors (Lipinski definition) is 3. The van der Waals surface area contributed by atoms with Crippen molar-refractivity contribution in [3.8, 4) is 0 Å². The zero-order chi connectivity index (χ0) is 15.0. The van der Waals surface area contributed by atoms with Gasteiger partial charge in [-0.2, -0.15) is 0 Å². The second kappa shape index (κ2) is 4.93. The molecule has 6 nitrogen and oxygen atoms in total. The third-order valence-corrected chi connectivity index (χ3v) is 3.04. The molecule has 0 aliphatic carbocycles. The molecule has 0 aliphatic rings. The van der Waals surface area contributed by atoms with Gasteiger partial charge >= 0.3 is 5.97 Å². The van der Waals surface area contributed by atoms with Gasteiger partial charge in [0.25, 0.3) is 0 Å². The number of rotatable bonds is 3. The molecule has 1 N–H and O–H groups in total. The molecule has 0 unspecified atom stereocenters. The highest BCUT2D eigenvalue weighted by Gasteiger charge is 2.17. The second-order valence-electron chi connectivity index (χ2n) is 3.98. The van der Waals surface area contributed by atoms with Gasteiger partial charge in [0.05, 0.1) is 15.9 Å². The molecule has 1 amide bonds. The van der Waals surface area contributed by atoms with Crippen molar-refractivity contribution in [1.82, 2.24) is 4.68 Å². The van der Waals surface area contributed by atoms with E-state index in [1.165, 1.54) is 7.05 Å². The first-order valence-electron chi connectivity index (χ1n) is 5.33. The highest BCUT2D eigenvalue weighted by Crippen LogP contribution is 2.21. The molecule has 0 spiro atoms. The maximum atomic E-state index is 13.5. The van der Waals surface area contributed by atoms with Gasteiger partial charge in [0.15, 0.2) is 0 Å². The average Bonchev–Trinajstić information content (AvgIpc) is 2.40. The number of hydrogen-bond donors (Lipinski definition) is 1. The van der Waals surface area contributed by atoms with Crippen LogP contribution in [0.4, 0.5) is 4.39 Å². The van der Waals surface area contributed by atoms with E-state index < -0.39 is 22.8 Å². The van der Waals surface area contributed by atoms with Crippen LogP contribution in [0.25, 0.3) is 10.9 Å². The molecule has 20 heavy (non-hydrogen) atoms. The molecule has 0 saturated carbocycles. The lowest BCUT2D eigenvalue weighted by Crippen LogP contribution is -2.32. The molecular weight excluding hydrogens is 291 g/mol. The van der Waals surface area contributed by atoms with E-state index in [0.717, 1.165) is 28.0 Å². The molecule has 104 valence electrons. The first kappa shape index (κ1) is 14.0. The third kappa shape index (κ3) is 2.12. The maximum absolute atomic E-state index is 13.5. The number of fused-ring (bicyclic) bond motifs is 1. The van der Waals surface area contributed by atoms with Crippen LogP contribution >= 0.6 is 11.6 Å². The SMILES string of the molecule is CN(C=O)n1cc(C(=O)O)c(=O)c2cc(F)c(Cl)cc21. The maximum Gasteiger partial charge on any atom is 0.341 e. The smallest absolute Gasteiger partial charge is 0.341 e. The van der Waals surface area contributed by atoms with E-state index >= 15 is 0 Å². The number of nitrogens with zero attached hydrogens (tertiary/aromatic N) is 2. The number of carbonyl (C=O) groups excluding carboxylic acids is 1. The van der Waals surface area contributed by atoms with Crippen molar-refractivity contribution in [2.45, 2.75) is 0 Å². The van der Waals surface area contributed by atoms with Crippen molar-refractivity contribution >= 4 is 34.9 Å². The summed E-state index contributed by atoms with van der Waals surface area (Å²) >= 11 is 5.65. The summed E-state index contributed by atoms with van der Waals surface area (Å²) in [4.78, 5) is 33.9. The van der Waals surface area contributed by atoms with E-state index in [4.69, 9.17) is 16.7 Å². The predicted molar refractivity (Wildman–Crippen MR) is 70.3 cm³/mol. The van der Waals surface area contributed by atoms with Gasteiger partial charge in [-0.3, -0.25) is 19.3 Å². The fourth-order valence-electron chi connectivity index (χ4n) is 1.77. The Labute approximate surface area is 116 Å². The lowest BCUT2D eigenvalue weighted by atomic mass is 10.1. The molecule has 0 bridgehead atoms. The van der Waals surface area contributed by atoms with Gasteiger partial charge in [-0.25, -0.2) is 9.18 Å². The van der Waals surface area contributed by atoms with Gasteiger partial charge in [0, 0.05) is 13.2 Å². The monoisotopic (exact) mass is 298 g/mol. The van der Waals surface area contributed by atoms with Crippen molar-refractivity contribution in [2.24, 2.45) is 0 Å². The van der Waals surface area contributed by atoms with Crippen molar-refractivity contribution in [3.63, 3.8) is 0 Å². The summed E-state index contributed by atoms with van der Waals surface area (Å²) in [5, 5.41) is 9.57. The van der Waals surface area contributed by atoms with Gasteiger partial charge in [0.1, 0.15) is 11.4 Å². The largest absolute Gasteiger partial charge is 0.477 e. The molecule has 0 saturated heterocycles. The Morgan fingerprint density at radius 2 is 2.15 bits per heavy atom. The Kier molecular flexibility index (Phi) is 3.46. The standard InChI is InChI=1S/C12H8ClFN2O4/c1-15(5-17)16-4-7(12(19)20)11(18)6-2-9(14)8(13)3-10(6)16/h2-5H,1H3,(H,19,20). The molecule has 0 radical (unpaired) electrons. The molecule has 1 aromatic heterocycles. The topological polar surface area (TPSA) is 79.6 Å². The summed E-state index contributed by atoms with van der Waals surface area (Å²) in [5.41, 5.74) is -1.30. The number of pyridine rings is 1. The average molecular weight is 299 g/mol. The number of carboxylic acid groups (broad SMARTS) is 1. The summed E-state index contributed by atoms with van der Waals surface area (Å²) in [6.07, 6.45) is 1.39. The predicted octanol–water partition coefficient (Wildman–Crippen LogP) is 1.22. The Bertz CT molecular complexity index is 787. The van der Waals surface area contributed by atoms with Crippen molar-refractivity contribution in [1.29, 1.82) is 0 Å². The van der Waals surface area contributed by atoms with Crippen LogP contribution in [-0.4, -0.2) is 29.2 Å². The normalized spacial score (nSPS) is 10.6. The molecule has 1 aromatic carbocycles. The zero-order valence-electron chi connectivity index (χ0n) is 10.1. The summed E-state index contributed by atoms with van der Waals surface area (Å²) in [6, 6.07) is 2.00. The lowest BCUT2D eigenvalue weighted by Gasteiger charge is -2.18. The number of amides is 1. The van der Waals surface area contributed by atoms with E-state index in [0.29, 0.717) is 6.41 Å². The van der Waals surface area contributed by atoms with Crippen LogP contribution in [0.1, 0.15) is 10.4 Å². The molecule has 2 rings (SSSR count). The summed E-state index contributed by atoms with van der Waals surface area (Å²) in [7, 11) is 1.35. The van der Waals surface area contributed by atoms with Crippen LogP contribution in [0.2, 0.25) is 5.02 Å². The second-order valence-corrected chi connectivity index (χ2v) is 4.39. The number of benzene rings is 1. The number of aromatic carboxylic acids is 1. The van der Waals surface area contributed by atoms with Crippen LogP contribution in [0.3, 0.4) is 0 Å². The Morgan fingerprint density at radius 1 is 1.50 bits per heavy atom. The highest BCUT2D eigenvalue weighted by atomic mass is 35.5. The van der Waals surface area contributed by atoms with E-state index in [1.807, 2.05) is 0 Å². The van der Waals surface area contributed by atoms with Crippen molar-refractivity contribution in [2.75, 3.05) is 12.1 Å². The fourth-order valence-corrected chi connectivity index (χ4v) is 1.93. The van der Waals surface area contributed by atoms with Gasteiger partial charge in [-0.1, -0.05) is 11.6 Å². The van der Waals surface area contributed by atoms with E-state index in [2.05, 4.69) is 0 Å². The Balaban J connectivity index is 3.00. The van der Waals surface area contributed by atoms with E-state index in [9.17, 15) is 18.8 Å². The van der Waals surface area contributed by atoms with Crippen molar-refractivity contribution in [3.05, 3.63) is 45.0 Å². The third-order valence-electron chi connectivity index (χ3n) is 2.75. The molecular formula is C12H8ClFN2O4. The van der Waals surface area contributed by atoms with Gasteiger partial charge in [-0.15, -0.1) is 0 Å². The van der Waals surface area contributed by atoms with Gasteiger partial charge < -0.3 is 5.11 Å². The highest BCUT2D eigenvalue weighted by molar-refractivity contribution is 6.31. The first-order chi connectivity index (χ1) is 9.36. The Hall–Kier alpha value is -2.41. The molecule has 0 aliphatic heterocycles. The minimum atomic E-state index is -1.47. The fraction of sp³-hybridized carbons (Fsp3) is 0.0833. The molecule has 2 aromatic rings. The van der Waals surface area contributed by atoms with Crippen LogP contribution in [0, 0.1) is 5.82 Å². The molecule has 8 heteroatoms. The number of carbonyl (C=O) groups is 2. The molecule has 0 fully saturated rings. The van der Waals surface area contributed by atoms with Crippen LogP contribution in [0.15, 0.2) is 23.1 Å². The summed E-state index contributed by atoms with van der Waals surface area (Å²) in [5.74, 6) is -2.32. The quantitative estimate of drug-likeness (QED) is 0.864. The number of carboxylic acids is 1. The Morgan fingerprint density at radius 3 is 2.70 bits per heavy atom. The summed E-state index contributed by atoms with van der Waals surface area (Å²) in [6.45, 7) is 0. The zero-order valence-corrected chi connectivity index (χ0v) is 10.9. The number of halogens is 2. The lowest BCUT2D eigenvalue weighted by molar-refractivity contribution is -0.108. The van der Waals surface area contributed by atoms with Crippen LogP contribution in [0.5, 0.6) is 0 Å². The minimum absolute atomic E-state index is 0.126. The van der Waals surface area contributed by atoms with Gasteiger partial charge in [0.2, 0.25) is 11.8 Å². The summed E-state index contributed by atoms with van der Waals surface area (Å²) < 4.78 is 14.6. The molecule has 1 heterocycles. The van der Waals surface area contributed by atoms with E-state index in [-0.39, 0.29) is 15.9 Å². The first-order valence-corrected chi connectivity index (χ1v) is 5.70. The number of aromatic nitrogens is 1. The van der Waals surface area contributed by atoms with Crippen molar-refractivity contribution < 1.29 is 19.1 Å². The van der Waals surface area contributed by atoms with Crippen LogP contribution < -0.4 is 10.4 Å². The van der Waals surface area contributed by atoms with Crippen LogP contribution in [-0.2, 0) is 4.79 Å². The molecule has 0 atom stereocenters. The van der Waals surface area contributed by atoms with E-state index in [1.54, 1.807) is 0 Å². The minimum Gasteiger partial charge on any atom is -0.477 e. The van der Waals surface area contributed by atoms with Gasteiger partial charge in [-0.05, 0) is 12.1 Å².